The average Bonchev–Trinajstić information content (AvgIpc) is 2.14. The van der Waals surface area contributed by atoms with Crippen LogP contribution in [0.25, 0.3) is 0 Å². The lowest BCUT2D eigenvalue weighted by Crippen LogP contribution is -3.00. The van der Waals surface area contributed by atoms with Crippen LogP contribution in [0.1, 0.15) is 0 Å². The number of halogens is 1. The van der Waals surface area contributed by atoms with E-state index in [9.17, 15) is 0 Å². The van der Waals surface area contributed by atoms with Crippen molar-refractivity contribution in [2.75, 3.05) is 13.7 Å². The summed E-state index contributed by atoms with van der Waals surface area (Å²) in [6.07, 6.45) is 5.88. The fourth-order valence-corrected chi connectivity index (χ4v) is 0.518. The van der Waals surface area contributed by atoms with Crippen LogP contribution in [0.2, 0.25) is 0 Å². The molecule has 0 radical (unpaired) electrons. The molecular weight excluding hydrogens is 126 g/mol. The molecule has 1 aliphatic rings. The van der Waals surface area contributed by atoms with Crippen molar-refractivity contribution in [1.82, 2.24) is 0 Å². The number of rotatable bonds is 1. The third-order valence-corrected chi connectivity index (χ3v) is 0.908. The Bertz CT molecular complexity index is 120. The Kier molecular flexibility index (Phi) is 3.28. The SMILES string of the molecule is CO[N+]1=CC=CC1.[Cl-]. The number of nitrogens with zero attached hydrogens (tertiary/aromatic N) is 1. The predicted molar refractivity (Wildman–Crippen MR) is 27.3 cm³/mol. The third-order valence-electron chi connectivity index (χ3n) is 0.908. The summed E-state index contributed by atoms with van der Waals surface area (Å²) in [5.41, 5.74) is 0. The Morgan fingerprint density at radius 3 is 2.62 bits per heavy atom. The number of hydrogen-bond donors (Lipinski definition) is 0. The first-order valence-corrected chi connectivity index (χ1v) is 2.24. The van der Waals surface area contributed by atoms with Crippen LogP contribution in [0.15, 0.2) is 12.2 Å². The standard InChI is InChI=1S/C5H8NO.ClH/c1-7-6-4-2-3-5-6;/h2-4H,5H2,1H3;1H/q+1;/p-1. The molecule has 46 valence electrons. The van der Waals surface area contributed by atoms with Gasteiger partial charge in [0.25, 0.3) is 0 Å². The van der Waals surface area contributed by atoms with Crippen LogP contribution in [0.3, 0.4) is 0 Å². The molecule has 8 heavy (non-hydrogen) atoms. The van der Waals surface area contributed by atoms with E-state index in [4.69, 9.17) is 4.84 Å². The van der Waals surface area contributed by atoms with Gasteiger partial charge in [-0.25, -0.2) is 0 Å². The van der Waals surface area contributed by atoms with Crippen molar-refractivity contribution in [3.8, 4) is 0 Å². The molecule has 0 aromatic rings. The lowest BCUT2D eigenvalue weighted by atomic mass is 10.6. The summed E-state index contributed by atoms with van der Waals surface area (Å²) in [7, 11) is 1.66. The minimum Gasteiger partial charge on any atom is -1.00 e. The maximum Gasteiger partial charge on any atom is 0.216 e. The second-order valence-electron chi connectivity index (χ2n) is 1.36. The van der Waals surface area contributed by atoms with Crippen LogP contribution in [-0.4, -0.2) is 24.6 Å². The topological polar surface area (TPSA) is 12.2 Å². The molecule has 0 spiro atoms. The van der Waals surface area contributed by atoms with E-state index in [0.717, 1.165) is 6.54 Å². The normalized spacial score (nSPS) is 14.9. The maximum atomic E-state index is 4.83. The van der Waals surface area contributed by atoms with E-state index < -0.39 is 0 Å². The molecule has 3 heteroatoms. The summed E-state index contributed by atoms with van der Waals surface area (Å²) < 4.78 is 1.75. The highest BCUT2D eigenvalue weighted by atomic mass is 35.5. The zero-order chi connectivity index (χ0) is 5.11. The van der Waals surface area contributed by atoms with Gasteiger partial charge < -0.3 is 12.4 Å². The van der Waals surface area contributed by atoms with Gasteiger partial charge in [-0.3, -0.25) is 4.84 Å². The summed E-state index contributed by atoms with van der Waals surface area (Å²) in [4.78, 5) is 4.83. The molecule has 0 atom stereocenters. The van der Waals surface area contributed by atoms with E-state index in [1.54, 1.807) is 11.8 Å². The fraction of sp³-hybridized carbons (Fsp3) is 0.400. The van der Waals surface area contributed by atoms with Gasteiger partial charge >= 0.3 is 0 Å². The van der Waals surface area contributed by atoms with Crippen molar-refractivity contribution in [1.29, 1.82) is 0 Å². The number of hydroxylamine groups is 1. The van der Waals surface area contributed by atoms with Gasteiger partial charge in [-0.05, 0) is 10.8 Å². The molecule has 0 aromatic heterocycles. The van der Waals surface area contributed by atoms with E-state index in [2.05, 4.69) is 0 Å². The van der Waals surface area contributed by atoms with E-state index >= 15 is 0 Å². The van der Waals surface area contributed by atoms with E-state index in [-0.39, 0.29) is 12.4 Å². The highest BCUT2D eigenvalue weighted by Gasteiger charge is 2.01. The second-order valence-corrected chi connectivity index (χ2v) is 1.36. The third kappa shape index (κ3) is 1.54. The first-order valence-electron chi connectivity index (χ1n) is 2.24. The van der Waals surface area contributed by atoms with Crippen LogP contribution in [0.5, 0.6) is 0 Å². The predicted octanol–water partition coefficient (Wildman–Crippen LogP) is -2.80. The van der Waals surface area contributed by atoms with Gasteiger partial charge in [0.1, 0.15) is 7.11 Å². The van der Waals surface area contributed by atoms with Gasteiger partial charge in [0, 0.05) is 6.08 Å². The molecule has 1 heterocycles. The molecule has 0 amide bonds. The van der Waals surface area contributed by atoms with Crippen molar-refractivity contribution in [2.24, 2.45) is 0 Å². The molecule has 0 saturated carbocycles. The van der Waals surface area contributed by atoms with Crippen molar-refractivity contribution >= 4 is 6.21 Å². The molecule has 2 nitrogen and oxygen atoms in total. The fourth-order valence-electron chi connectivity index (χ4n) is 0.518. The van der Waals surface area contributed by atoms with E-state index in [0.29, 0.717) is 0 Å². The Hall–Kier alpha value is -0.500. The van der Waals surface area contributed by atoms with Crippen LogP contribution in [0.4, 0.5) is 0 Å². The van der Waals surface area contributed by atoms with Gasteiger partial charge in [0.2, 0.25) is 12.8 Å². The minimum atomic E-state index is 0. The van der Waals surface area contributed by atoms with Crippen molar-refractivity contribution in [2.45, 2.75) is 0 Å². The summed E-state index contributed by atoms with van der Waals surface area (Å²) in [6.45, 7) is 0.885. The second kappa shape index (κ2) is 3.50. The zero-order valence-electron chi connectivity index (χ0n) is 4.67. The van der Waals surface area contributed by atoms with Crippen LogP contribution in [-0.2, 0) is 4.84 Å². The molecule has 0 fully saturated rings. The first kappa shape index (κ1) is 7.50. The van der Waals surface area contributed by atoms with Gasteiger partial charge in [-0.2, -0.15) is 0 Å². The maximum absolute atomic E-state index is 4.83. The monoisotopic (exact) mass is 133 g/mol. The van der Waals surface area contributed by atoms with E-state index in [1.807, 2.05) is 18.4 Å². The summed E-state index contributed by atoms with van der Waals surface area (Å²) >= 11 is 0. The highest BCUT2D eigenvalue weighted by Crippen LogP contribution is 1.83. The van der Waals surface area contributed by atoms with Gasteiger partial charge in [-0.1, -0.05) is 0 Å². The average molecular weight is 134 g/mol. The molecule has 1 rings (SSSR count). The Labute approximate surface area is 54.8 Å². The van der Waals surface area contributed by atoms with Crippen molar-refractivity contribution < 1.29 is 22.0 Å². The largest absolute Gasteiger partial charge is 1.00 e. The Morgan fingerprint density at radius 2 is 2.38 bits per heavy atom. The zero-order valence-corrected chi connectivity index (χ0v) is 5.43. The summed E-state index contributed by atoms with van der Waals surface area (Å²) in [5, 5.41) is 0. The van der Waals surface area contributed by atoms with Crippen LogP contribution >= 0.6 is 0 Å². The molecule has 0 aliphatic carbocycles. The molecule has 0 aromatic carbocycles. The quantitative estimate of drug-likeness (QED) is 0.352. The molecule has 0 saturated heterocycles. The molecule has 0 bridgehead atoms. The number of allylic oxidation sites excluding steroid dienone is 1. The molecule has 0 N–H and O–H groups in total. The van der Waals surface area contributed by atoms with Crippen molar-refractivity contribution in [3.05, 3.63) is 12.2 Å². The smallest absolute Gasteiger partial charge is 0.216 e. The lowest BCUT2D eigenvalue weighted by Gasteiger charge is -1.86. The lowest BCUT2D eigenvalue weighted by molar-refractivity contribution is -0.768. The van der Waals surface area contributed by atoms with Gasteiger partial charge in [0.15, 0.2) is 0 Å². The van der Waals surface area contributed by atoms with Gasteiger partial charge in [-0.15, -0.1) is 0 Å². The van der Waals surface area contributed by atoms with Crippen LogP contribution < -0.4 is 12.4 Å². The minimum absolute atomic E-state index is 0. The number of hydrogen-bond acceptors (Lipinski definition) is 1. The Morgan fingerprint density at radius 1 is 1.62 bits per heavy atom. The summed E-state index contributed by atoms with van der Waals surface area (Å²) in [6, 6.07) is 0. The molecule has 0 unspecified atom stereocenters. The highest BCUT2D eigenvalue weighted by molar-refractivity contribution is 5.67. The van der Waals surface area contributed by atoms with Crippen molar-refractivity contribution in [3.63, 3.8) is 0 Å². The Balaban J connectivity index is 0.000000490. The molecular formula is C5H8ClNO. The van der Waals surface area contributed by atoms with E-state index in [1.165, 1.54) is 0 Å². The van der Waals surface area contributed by atoms with Gasteiger partial charge in [0.05, 0.1) is 0 Å². The molecule has 1 aliphatic heterocycles. The summed E-state index contributed by atoms with van der Waals surface area (Å²) in [5.74, 6) is 0. The van der Waals surface area contributed by atoms with Crippen LogP contribution in [0, 0.1) is 0 Å². The first-order chi connectivity index (χ1) is 3.43.